The van der Waals surface area contributed by atoms with Gasteiger partial charge >= 0.3 is 0 Å². The maximum atomic E-state index is 13.1. The van der Waals surface area contributed by atoms with Crippen molar-refractivity contribution in [1.82, 2.24) is 10.3 Å². The van der Waals surface area contributed by atoms with Gasteiger partial charge in [0, 0.05) is 30.3 Å². The SMILES string of the molecule is CC(C)(CO)CCCNC(=O)Cc1c[nH]c2cc(F)ccc12. The third-order valence-corrected chi connectivity index (χ3v) is 3.86. The predicted octanol–water partition coefficient (Wildman–Crippen LogP) is 2.76. The molecule has 1 aromatic carbocycles. The van der Waals surface area contributed by atoms with Crippen LogP contribution in [0, 0.1) is 11.2 Å². The van der Waals surface area contributed by atoms with E-state index in [1.165, 1.54) is 12.1 Å². The zero-order valence-corrected chi connectivity index (χ0v) is 13.1. The van der Waals surface area contributed by atoms with Crippen LogP contribution in [0.25, 0.3) is 10.9 Å². The van der Waals surface area contributed by atoms with Gasteiger partial charge in [0.25, 0.3) is 0 Å². The van der Waals surface area contributed by atoms with E-state index in [0.717, 1.165) is 23.8 Å². The second-order valence-electron chi connectivity index (χ2n) is 6.46. The molecule has 22 heavy (non-hydrogen) atoms. The van der Waals surface area contributed by atoms with Gasteiger partial charge in [-0.3, -0.25) is 4.79 Å². The van der Waals surface area contributed by atoms with Crippen LogP contribution in [0.15, 0.2) is 24.4 Å². The van der Waals surface area contributed by atoms with Crippen LogP contribution in [0.1, 0.15) is 32.3 Å². The minimum Gasteiger partial charge on any atom is -0.396 e. The van der Waals surface area contributed by atoms with Gasteiger partial charge in [-0.15, -0.1) is 0 Å². The maximum absolute atomic E-state index is 13.1. The van der Waals surface area contributed by atoms with Crippen molar-refractivity contribution in [1.29, 1.82) is 0 Å². The molecule has 0 bridgehead atoms. The molecule has 0 saturated heterocycles. The highest BCUT2D eigenvalue weighted by Crippen LogP contribution is 2.21. The lowest BCUT2D eigenvalue weighted by Crippen LogP contribution is -2.27. The van der Waals surface area contributed by atoms with Crippen LogP contribution in [0.2, 0.25) is 0 Å². The zero-order valence-electron chi connectivity index (χ0n) is 13.1. The number of aromatic nitrogens is 1. The zero-order chi connectivity index (χ0) is 16.2. The first-order valence-corrected chi connectivity index (χ1v) is 7.54. The van der Waals surface area contributed by atoms with Crippen molar-refractivity contribution in [2.45, 2.75) is 33.1 Å². The standard InChI is InChI=1S/C17H23FN2O2/c1-17(2,11-21)6-3-7-19-16(22)8-12-10-20-15-9-13(18)4-5-14(12)15/h4-5,9-10,20-21H,3,6-8,11H2,1-2H3,(H,19,22). The molecule has 2 aromatic rings. The Morgan fingerprint density at radius 1 is 1.41 bits per heavy atom. The smallest absolute Gasteiger partial charge is 0.224 e. The number of halogens is 1. The summed E-state index contributed by atoms with van der Waals surface area (Å²) in [5.41, 5.74) is 1.46. The van der Waals surface area contributed by atoms with E-state index in [1.54, 1.807) is 12.3 Å². The number of hydrogen-bond donors (Lipinski definition) is 3. The lowest BCUT2D eigenvalue weighted by molar-refractivity contribution is -0.120. The number of carbonyl (C=O) groups excluding carboxylic acids is 1. The quantitative estimate of drug-likeness (QED) is 0.689. The van der Waals surface area contributed by atoms with Crippen molar-refractivity contribution in [3.63, 3.8) is 0 Å². The predicted molar refractivity (Wildman–Crippen MR) is 85.1 cm³/mol. The number of amides is 1. The van der Waals surface area contributed by atoms with E-state index in [4.69, 9.17) is 0 Å². The molecule has 0 unspecified atom stereocenters. The fourth-order valence-corrected chi connectivity index (χ4v) is 2.41. The molecule has 120 valence electrons. The minimum absolute atomic E-state index is 0.0490. The van der Waals surface area contributed by atoms with Crippen molar-refractivity contribution >= 4 is 16.8 Å². The molecule has 3 N–H and O–H groups in total. The summed E-state index contributed by atoms with van der Waals surface area (Å²) in [6.07, 6.45) is 3.71. The number of nitrogens with one attached hydrogen (secondary N) is 2. The van der Waals surface area contributed by atoms with Gasteiger partial charge in [0.05, 0.1) is 6.42 Å². The second kappa shape index (κ2) is 6.92. The topological polar surface area (TPSA) is 65.1 Å². The van der Waals surface area contributed by atoms with E-state index in [0.29, 0.717) is 12.1 Å². The second-order valence-corrected chi connectivity index (χ2v) is 6.46. The largest absolute Gasteiger partial charge is 0.396 e. The van der Waals surface area contributed by atoms with Gasteiger partial charge in [-0.2, -0.15) is 0 Å². The number of fused-ring (bicyclic) bond motifs is 1. The van der Waals surface area contributed by atoms with Crippen LogP contribution in [-0.4, -0.2) is 29.1 Å². The van der Waals surface area contributed by atoms with Crippen molar-refractivity contribution in [2.75, 3.05) is 13.2 Å². The van der Waals surface area contributed by atoms with Crippen molar-refractivity contribution < 1.29 is 14.3 Å². The molecule has 1 amide bonds. The molecule has 0 aliphatic heterocycles. The van der Waals surface area contributed by atoms with E-state index in [-0.39, 0.29) is 30.2 Å². The summed E-state index contributed by atoms with van der Waals surface area (Å²) < 4.78 is 13.1. The Bertz CT molecular complexity index is 649. The molecule has 0 radical (unpaired) electrons. The van der Waals surface area contributed by atoms with Crippen LogP contribution in [0.3, 0.4) is 0 Å². The summed E-state index contributed by atoms with van der Waals surface area (Å²) in [5.74, 6) is -0.344. The number of aliphatic hydroxyl groups excluding tert-OH is 1. The molecule has 5 heteroatoms. The van der Waals surface area contributed by atoms with E-state index >= 15 is 0 Å². The molecule has 0 fully saturated rings. The van der Waals surface area contributed by atoms with Crippen molar-refractivity contribution in [3.05, 3.63) is 35.8 Å². The fraction of sp³-hybridized carbons (Fsp3) is 0.471. The normalized spacial score (nSPS) is 11.8. The van der Waals surface area contributed by atoms with Gasteiger partial charge in [-0.05, 0) is 42.0 Å². The van der Waals surface area contributed by atoms with E-state index in [1.807, 2.05) is 13.8 Å². The van der Waals surface area contributed by atoms with E-state index in [2.05, 4.69) is 10.3 Å². The molecular weight excluding hydrogens is 283 g/mol. The average Bonchev–Trinajstić information content (AvgIpc) is 2.86. The van der Waals surface area contributed by atoms with Gasteiger partial charge < -0.3 is 15.4 Å². The number of H-pyrrole nitrogens is 1. The summed E-state index contributed by atoms with van der Waals surface area (Å²) in [7, 11) is 0. The monoisotopic (exact) mass is 306 g/mol. The van der Waals surface area contributed by atoms with Gasteiger partial charge in [0.2, 0.25) is 5.91 Å². The average molecular weight is 306 g/mol. The molecule has 0 aliphatic carbocycles. The van der Waals surface area contributed by atoms with Crippen LogP contribution in [0.4, 0.5) is 4.39 Å². The van der Waals surface area contributed by atoms with Gasteiger partial charge in [0.15, 0.2) is 0 Å². The van der Waals surface area contributed by atoms with Crippen molar-refractivity contribution in [2.24, 2.45) is 5.41 Å². The molecule has 0 atom stereocenters. The Morgan fingerprint density at radius 2 is 2.18 bits per heavy atom. The summed E-state index contributed by atoms with van der Waals surface area (Å²) >= 11 is 0. The highest BCUT2D eigenvalue weighted by Gasteiger charge is 2.15. The Balaban J connectivity index is 1.84. The number of aliphatic hydroxyl groups is 1. The molecule has 0 saturated carbocycles. The molecule has 4 nitrogen and oxygen atoms in total. The number of carbonyl (C=O) groups is 1. The first-order chi connectivity index (χ1) is 10.4. The number of aromatic amines is 1. The van der Waals surface area contributed by atoms with Crippen LogP contribution >= 0.6 is 0 Å². The highest BCUT2D eigenvalue weighted by molar-refractivity contribution is 5.88. The van der Waals surface area contributed by atoms with Crippen LogP contribution in [0.5, 0.6) is 0 Å². The third-order valence-electron chi connectivity index (χ3n) is 3.86. The molecule has 1 heterocycles. The van der Waals surface area contributed by atoms with Gasteiger partial charge in [-0.25, -0.2) is 4.39 Å². The summed E-state index contributed by atoms with van der Waals surface area (Å²) in [4.78, 5) is 14.9. The van der Waals surface area contributed by atoms with Crippen LogP contribution < -0.4 is 5.32 Å². The lowest BCUT2D eigenvalue weighted by Gasteiger charge is -2.21. The Hall–Kier alpha value is -1.88. The van der Waals surface area contributed by atoms with Crippen LogP contribution in [-0.2, 0) is 11.2 Å². The lowest BCUT2D eigenvalue weighted by atomic mass is 9.89. The number of rotatable bonds is 7. The van der Waals surface area contributed by atoms with Gasteiger partial charge in [-0.1, -0.05) is 13.8 Å². The maximum Gasteiger partial charge on any atom is 0.224 e. The molecule has 0 aliphatic rings. The molecule has 2 rings (SSSR count). The first-order valence-electron chi connectivity index (χ1n) is 7.54. The highest BCUT2D eigenvalue weighted by atomic mass is 19.1. The van der Waals surface area contributed by atoms with Crippen molar-refractivity contribution in [3.8, 4) is 0 Å². The Morgan fingerprint density at radius 3 is 2.91 bits per heavy atom. The molecule has 0 spiro atoms. The number of hydrogen-bond acceptors (Lipinski definition) is 2. The summed E-state index contributed by atoms with van der Waals surface area (Å²) in [6.45, 7) is 4.74. The first kappa shape index (κ1) is 16.5. The van der Waals surface area contributed by atoms with E-state index in [9.17, 15) is 14.3 Å². The third kappa shape index (κ3) is 4.31. The minimum atomic E-state index is -0.295. The Labute approximate surface area is 129 Å². The van der Waals surface area contributed by atoms with Gasteiger partial charge in [0.1, 0.15) is 5.82 Å². The Kier molecular flexibility index (Phi) is 5.19. The molecule has 1 aromatic heterocycles. The molecular formula is C17H23FN2O2. The summed E-state index contributed by atoms with van der Waals surface area (Å²) in [5, 5.41) is 12.9. The van der Waals surface area contributed by atoms with E-state index < -0.39 is 0 Å². The fourth-order valence-electron chi connectivity index (χ4n) is 2.41. The number of benzene rings is 1. The summed E-state index contributed by atoms with van der Waals surface area (Å²) in [6, 6.07) is 4.51.